The SMILES string of the molecule is Cc1cc(C)cc(NC(=O)COc2ccc(N3C[C@@H](C(=O)NCC(C)C)CC3=O)cc2)c1. The number of nitrogens with one attached hydrogen (secondary N) is 2. The lowest BCUT2D eigenvalue weighted by atomic mass is 10.1. The van der Waals surface area contributed by atoms with E-state index in [1.54, 1.807) is 29.2 Å². The Kier molecular flexibility index (Phi) is 7.51. The third-order valence-corrected chi connectivity index (χ3v) is 5.20. The number of amides is 3. The van der Waals surface area contributed by atoms with Gasteiger partial charge in [0.2, 0.25) is 11.8 Å². The average molecular weight is 438 g/mol. The van der Waals surface area contributed by atoms with Crippen molar-refractivity contribution >= 4 is 29.1 Å². The molecule has 170 valence electrons. The molecule has 1 aliphatic rings. The van der Waals surface area contributed by atoms with Crippen LogP contribution in [-0.4, -0.2) is 37.4 Å². The molecule has 0 aromatic heterocycles. The monoisotopic (exact) mass is 437 g/mol. The maximum atomic E-state index is 12.4. The van der Waals surface area contributed by atoms with Crippen LogP contribution in [0.3, 0.4) is 0 Å². The zero-order chi connectivity index (χ0) is 23.3. The Bertz CT molecular complexity index is 965. The van der Waals surface area contributed by atoms with Gasteiger partial charge in [-0.05, 0) is 67.3 Å². The quantitative estimate of drug-likeness (QED) is 0.662. The molecule has 2 N–H and O–H groups in total. The van der Waals surface area contributed by atoms with Gasteiger partial charge in [0.1, 0.15) is 5.75 Å². The van der Waals surface area contributed by atoms with Crippen LogP contribution in [0.1, 0.15) is 31.4 Å². The van der Waals surface area contributed by atoms with E-state index in [1.807, 2.05) is 45.9 Å². The van der Waals surface area contributed by atoms with Crippen molar-refractivity contribution in [3.63, 3.8) is 0 Å². The molecule has 2 aromatic carbocycles. The largest absolute Gasteiger partial charge is 0.484 e. The smallest absolute Gasteiger partial charge is 0.262 e. The Morgan fingerprint density at radius 1 is 1.09 bits per heavy atom. The zero-order valence-corrected chi connectivity index (χ0v) is 19.1. The molecule has 2 aromatic rings. The van der Waals surface area contributed by atoms with E-state index in [0.717, 1.165) is 16.8 Å². The van der Waals surface area contributed by atoms with E-state index in [1.165, 1.54) is 0 Å². The molecular formula is C25H31N3O4. The summed E-state index contributed by atoms with van der Waals surface area (Å²) in [4.78, 5) is 38.5. The predicted molar refractivity (Wildman–Crippen MR) is 125 cm³/mol. The highest BCUT2D eigenvalue weighted by Crippen LogP contribution is 2.27. The van der Waals surface area contributed by atoms with Gasteiger partial charge < -0.3 is 20.3 Å². The van der Waals surface area contributed by atoms with Crippen molar-refractivity contribution in [3.8, 4) is 5.75 Å². The van der Waals surface area contributed by atoms with Crippen LogP contribution in [0.25, 0.3) is 0 Å². The Labute approximate surface area is 189 Å². The predicted octanol–water partition coefficient (Wildman–Crippen LogP) is 3.45. The second kappa shape index (κ2) is 10.3. The maximum Gasteiger partial charge on any atom is 0.262 e. The van der Waals surface area contributed by atoms with Crippen LogP contribution in [0.2, 0.25) is 0 Å². The van der Waals surface area contributed by atoms with Gasteiger partial charge >= 0.3 is 0 Å². The first-order valence-corrected chi connectivity index (χ1v) is 10.9. The molecule has 1 heterocycles. The van der Waals surface area contributed by atoms with Gasteiger partial charge in [0.05, 0.1) is 5.92 Å². The first kappa shape index (κ1) is 23.3. The van der Waals surface area contributed by atoms with E-state index >= 15 is 0 Å². The number of nitrogens with zero attached hydrogens (tertiary/aromatic N) is 1. The molecule has 0 unspecified atom stereocenters. The van der Waals surface area contributed by atoms with E-state index in [0.29, 0.717) is 30.4 Å². The van der Waals surface area contributed by atoms with Gasteiger partial charge in [-0.25, -0.2) is 0 Å². The van der Waals surface area contributed by atoms with Crippen molar-refractivity contribution in [3.05, 3.63) is 53.6 Å². The van der Waals surface area contributed by atoms with Gasteiger partial charge in [0, 0.05) is 30.9 Å². The van der Waals surface area contributed by atoms with E-state index < -0.39 is 0 Å². The average Bonchev–Trinajstić information content (AvgIpc) is 3.12. The lowest BCUT2D eigenvalue weighted by molar-refractivity contribution is -0.126. The second-order valence-corrected chi connectivity index (χ2v) is 8.75. The summed E-state index contributed by atoms with van der Waals surface area (Å²) in [6.45, 7) is 8.87. The van der Waals surface area contributed by atoms with Gasteiger partial charge in [0.25, 0.3) is 5.91 Å². The number of hydrogen-bond acceptors (Lipinski definition) is 4. The summed E-state index contributed by atoms with van der Waals surface area (Å²) in [6, 6.07) is 12.8. The Morgan fingerprint density at radius 3 is 2.38 bits per heavy atom. The van der Waals surface area contributed by atoms with Gasteiger partial charge in [0.15, 0.2) is 6.61 Å². The molecule has 0 aliphatic carbocycles. The van der Waals surface area contributed by atoms with Crippen molar-refractivity contribution in [2.45, 2.75) is 34.1 Å². The van der Waals surface area contributed by atoms with Crippen LogP contribution in [0.15, 0.2) is 42.5 Å². The van der Waals surface area contributed by atoms with Crippen molar-refractivity contribution in [1.82, 2.24) is 5.32 Å². The standard InChI is InChI=1S/C25H31N3O4/c1-16(2)13-26-25(31)19-12-24(30)28(14-19)21-5-7-22(8-6-21)32-15-23(29)27-20-10-17(3)9-18(4)11-20/h5-11,16,19H,12-15H2,1-4H3,(H,26,31)(H,27,29)/t19-/m0/s1. The fourth-order valence-electron chi connectivity index (χ4n) is 3.70. The van der Waals surface area contributed by atoms with E-state index in [2.05, 4.69) is 10.6 Å². The number of anilines is 2. The van der Waals surface area contributed by atoms with Crippen molar-refractivity contribution < 1.29 is 19.1 Å². The van der Waals surface area contributed by atoms with Crippen LogP contribution in [0, 0.1) is 25.7 Å². The highest BCUT2D eigenvalue weighted by Gasteiger charge is 2.35. The molecule has 32 heavy (non-hydrogen) atoms. The number of carbonyl (C=O) groups is 3. The molecule has 0 radical (unpaired) electrons. The summed E-state index contributed by atoms with van der Waals surface area (Å²) >= 11 is 0. The van der Waals surface area contributed by atoms with Crippen molar-refractivity contribution in [2.75, 3.05) is 29.9 Å². The molecule has 0 bridgehead atoms. The van der Waals surface area contributed by atoms with Crippen LogP contribution in [0.5, 0.6) is 5.75 Å². The Balaban J connectivity index is 1.52. The summed E-state index contributed by atoms with van der Waals surface area (Å²) in [5.41, 5.74) is 3.60. The van der Waals surface area contributed by atoms with Crippen LogP contribution >= 0.6 is 0 Å². The van der Waals surface area contributed by atoms with Crippen molar-refractivity contribution in [1.29, 1.82) is 0 Å². The molecule has 0 saturated carbocycles. The molecular weight excluding hydrogens is 406 g/mol. The Hall–Kier alpha value is -3.35. The van der Waals surface area contributed by atoms with Gasteiger partial charge in [-0.2, -0.15) is 0 Å². The minimum atomic E-state index is -0.342. The number of hydrogen-bond donors (Lipinski definition) is 2. The molecule has 0 spiro atoms. The van der Waals surface area contributed by atoms with Crippen LogP contribution in [-0.2, 0) is 14.4 Å². The molecule has 3 rings (SSSR count). The lowest BCUT2D eigenvalue weighted by Gasteiger charge is -2.17. The number of aryl methyl sites for hydroxylation is 2. The molecule has 1 fully saturated rings. The van der Waals surface area contributed by atoms with Gasteiger partial charge in [-0.1, -0.05) is 19.9 Å². The molecule has 1 aliphatic heterocycles. The third-order valence-electron chi connectivity index (χ3n) is 5.20. The molecule has 3 amide bonds. The maximum absolute atomic E-state index is 12.4. The number of benzene rings is 2. The minimum absolute atomic E-state index is 0.0730. The highest BCUT2D eigenvalue weighted by molar-refractivity contribution is 6.00. The lowest BCUT2D eigenvalue weighted by Crippen LogP contribution is -2.35. The second-order valence-electron chi connectivity index (χ2n) is 8.75. The van der Waals surface area contributed by atoms with Gasteiger partial charge in [-0.15, -0.1) is 0 Å². The fraction of sp³-hybridized carbons (Fsp3) is 0.400. The van der Waals surface area contributed by atoms with Crippen LogP contribution < -0.4 is 20.3 Å². The van der Waals surface area contributed by atoms with Gasteiger partial charge in [-0.3, -0.25) is 14.4 Å². The summed E-state index contributed by atoms with van der Waals surface area (Å²) in [5, 5.41) is 5.73. The molecule has 7 heteroatoms. The number of ether oxygens (including phenoxy) is 1. The summed E-state index contributed by atoms with van der Waals surface area (Å²) in [6.07, 6.45) is 0.209. The van der Waals surface area contributed by atoms with Crippen molar-refractivity contribution in [2.24, 2.45) is 11.8 Å². The Morgan fingerprint density at radius 2 is 1.75 bits per heavy atom. The topological polar surface area (TPSA) is 87.7 Å². The number of rotatable bonds is 8. The fourth-order valence-corrected chi connectivity index (χ4v) is 3.70. The summed E-state index contributed by atoms with van der Waals surface area (Å²) in [7, 11) is 0. The zero-order valence-electron chi connectivity index (χ0n) is 19.1. The first-order chi connectivity index (χ1) is 15.2. The van der Waals surface area contributed by atoms with E-state index in [-0.39, 0.29) is 36.7 Å². The van der Waals surface area contributed by atoms with E-state index in [9.17, 15) is 14.4 Å². The van der Waals surface area contributed by atoms with E-state index in [4.69, 9.17) is 4.74 Å². The molecule has 7 nitrogen and oxygen atoms in total. The third kappa shape index (κ3) is 6.33. The highest BCUT2D eigenvalue weighted by atomic mass is 16.5. The molecule has 1 saturated heterocycles. The summed E-state index contributed by atoms with van der Waals surface area (Å²) in [5.74, 6) is 0.153. The minimum Gasteiger partial charge on any atom is -0.484 e. The number of carbonyl (C=O) groups excluding carboxylic acids is 3. The normalized spacial score (nSPS) is 15.7. The molecule has 1 atom stereocenters. The first-order valence-electron chi connectivity index (χ1n) is 10.9. The van der Waals surface area contributed by atoms with Crippen LogP contribution in [0.4, 0.5) is 11.4 Å². The summed E-state index contributed by atoms with van der Waals surface area (Å²) < 4.78 is 5.58.